The van der Waals surface area contributed by atoms with Crippen molar-refractivity contribution in [3.63, 3.8) is 0 Å². The number of amides is 3. The molecule has 0 bridgehead atoms. The summed E-state index contributed by atoms with van der Waals surface area (Å²) in [6, 6.07) is 7.19. The summed E-state index contributed by atoms with van der Waals surface area (Å²) >= 11 is 0. The Labute approximate surface area is 79.9 Å². The number of hydroxylamine groups is 2. The fraction of sp³-hybridized carbons (Fsp3) is 0.111. The van der Waals surface area contributed by atoms with Crippen molar-refractivity contribution in [1.29, 1.82) is 0 Å². The molecule has 14 heavy (non-hydrogen) atoms. The van der Waals surface area contributed by atoms with Gasteiger partial charge in [0.15, 0.2) is 0 Å². The number of carbonyl (C=O) groups excluding carboxylic acids is 2. The molecule has 72 valence electrons. The van der Waals surface area contributed by atoms with Gasteiger partial charge in [-0.15, -0.1) is 5.06 Å². The summed E-state index contributed by atoms with van der Waals surface area (Å²) in [5.41, 5.74) is 0.655. The largest absolute Gasteiger partial charge is 0.349 e. The second-order valence-corrected chi connectivity index (χ2v) is 2.94. The zero-order valence-corrected chi connectivity index (χ0v) is 7.18. The van der Waals surface area contributed by atoms with Crippen LogP contribution in [0.5, 0.6) is 0 Å². The van der Waals surface area contributed by atoms with E-state index >= 15 is 0 Å². The van der Waals surface area contributed by atoms with Gasteiger partial charge in [0.1, 0.15) is 6.04 Å². The van der Waals surface area contributed by atoms with Gasteiger partial charge >= 0.3 is 6.03 Å². The first kappa shape index (κ1) is 8.71. The molecule has 0 aliphatic carbocycles. The molecule has 1 heterocycles. The number of hydrogen-bond acceptors (Lipinski definition) is 3. The second-order valence-electron chi connectivity index (χ2n) is 2.94. The Hall–Kier alpha value is -1.88. The molecule has 2 N–H and O–H groups in total. The van der Waals surface area contributed by atoms with E-state index < -0.39 is 18.0 Å². The molecule has 1 aromatic rings. The van der Waals surface area contributed by atoms with Gasteiger partial charge in [0.05, 0.1) is 0 Å². The fourth-order valence-corrected chi connectivity index (χ4v) is 1.34. The Balaban J connectivity index is 2.30. The van der Waals surface area contributed by atoms with Crippen molar-refractivity contribution >= 4 is 11.9 Å². The SMILES string of the molecule is O=C1N[C@@H](c2ccccc2)C(=O)N1O. The van der Waals surface area contributed by atoms with E-state index in [1.54, 1.807) is 24.3 Å². The Morgan fingerprint density at radius 2 is 1.86 bits per heavy atom. The van der Waals surface area contributed by atoms with Crippen LogP contribution in [0.3, 0.4) is 0 Å². The number of urea groups is 1. The Morgan fingerprint density at radius 1 is 1.21 bits per heavy atom. The monoisotopic (exact) mass is 192 g/mol. The highest BCUT2D eigenvalue weighted by molar-refractivity contribution is 6.03. The van der Waals surface area contributed by atoms with Gasteiger partial charge in [0.25, 0.3) is 5.91 Å². The van der Waals surface area contributed by atoms with E-state index in [2.05, 4.69) is 5.32 Å². The van der Waals surface area contributed by atoms with E-state index in [1.807, 2.05) is 6.07 Å². The van der Waals surface area contributed by atoms with Gasteiger partial charge in [0, 0.05) is 0 Å². The van der Waals surface area contributed by atoms with E-state index in [1.165, 1.54) is 0 Å². The molecule has 1 fully saturated rings. The molecule has 3 amide bonds. The molecule has 2 rings (SSSR count). The van der Waals surface area contributed by atoms with Crippen molar-refractivity contribution in [3.8, 4) is 0 Å². The van der Waals surface area contributed by atoms with Crippen molar-refractivity contribution in [3.05, 3.63) is 35.9 Å². The van der Waals surface area contributed by atoms with Crippen molar-refractivity contribution in [1.82, 2.24) is 10.4 Å². The quantitative estimate of drug-likeness (QED) is 0.507. The molecular weight excluding hydrogens is 184 g/mol. The summed E-state index contributed by atoms with van der Waals surface area (Å²) in [5.74, 6) is -0.652. The van der Waals surface area contributed by atoms with Crippen LogP contribution in [0.2, 0.25) is 0 Å². The summed E-state index contributed by atoms with van der Waals surface area (Å²) in [7, 11) is 0. The molecule has 0 spiro atoms. The summed E-state index contributed by atoms with van der Waals surface area (Å²) in [5, 5.41) is 11.4. The summed E-state index contributed by atoms with van der Waals surface area (Å²) in [6.45, 7) is 0. The molecule has 5 heteroatoms. The lowest BCUT2D eigenvalue weighted by Gasteiger charge is -2.06. The van der Waals surface area contributed by atoms with Gasteiger partial charge in [-0.3, -0.25) is 10.0 Å². The second kappa shape index (κ2) is 3.12. The van der Waals surface area contributed by atoms with Gasteiger partial charge in [0.2, 0.25) is 0 Å². The van der Waals surface area contributed by atoms with Crippen LogP contribution >= 0.6 is 0 Å². The average Bonchev–Trinajstić information content (AvgIpc) is 2.47. The number of imide groups is 1. The third-order valence-corrected chi connectivity index (χ3v) is 2.05. The molecule has 5 nitrogen and oxygen atoms in total. The highest BCUT2D eigenvalue weighted by atomic mass is 16.5. The molecule has 0 aromatic heterocycles. The molecule has 1 saturated heterocycles. The predicted octanol–water partition coefficient (Wildman–Crippen LogP) is 0.669. The van der Waals surface area contributed by atoms with E-state index in [-0.39, 0.29) is 5.06 Å². The van der Waals surface area contributed by atoms with Crippen LogP contribution in [0.15, 0.2) is 30.3 Å². The third-order valence-electron chi connectivity index (χ3n) is 2.05. The molecular formula is C9H8N2O3. The highest BCUT2D eigenvalue weighted by Crippen LogP contribution is 2.19. The third kappa shape index (κ3) is 1.23. The van der Waals surface area contributed by atoms with Gasteiger partial charge < -0.3 is 5.32 Å². The molecule has 1 atom stereocenters. The molecule has 1 aliphatic heterocycles. The Kier molecular flexibility index (Phi) is 1.94. The standard InChI is InChI=1S/C9H8N2O3/c12-8-7(10-9(13)11(8)14)6-4-2-1-3-5-6/h1-5,7,14H,(H,10,13)/t7-/m0/s1. The van der Waals surface area contributed by atoms with Crippen molar-refractivity contribution in [2.24, 2.45) is 0 Å². The molecule has 0 unspecified atom stereocenters. The van der Waals surface area contributed by atoms with Crippen LogP contribution in [-0.4, -0.2) is 22.2 Å². The fourth-order valence-electron chi connectivity index (χ4n) is 1.34. The number of benzene rings is 1. The van der Waals surface area contributed by atoms with E-state index in [0.29, 0.717) is 5.56 Å². The van der Waals surface area contributed by atoms with Gasteiger partial charge in [-0.05, 0) is 5.56 Å². The minimum atomic E-state index is -0.788. The van der Waals surface area contributed by atoms with E-state index in [0.717, 1.165) is 0 Å². The predicted molar refractivity (Wildman–Crippen MR) is 46.3 cm³/mol. The lowest BCUT2D eigenvalue weighted by molar-refractivity contribution is -0.149. The number of rotatable bonds is 1. The van der Waals surface area contributed by atoms with Crippen LogP contribution in [0.1, 0.15) is 11.6 Å². The first-order valence-electron chi connectivity index (χ1n) is 4.08. The number of carbonyl (C=O) groups is 2. The first-order chi connectivity index (χ1) is 6.70. The summed E-state index contributed by atoms with van der Waals surface area (Å²) in [4.78, 5) is 22.2. The van der Waals surface area contributed by atoms with Crippen molar-refractivity contribution in [2.75, 3.05) is 0 Å². The summed E-state index contributed by atoms with van der Waals surface area (Å²) in [6.07, 6.45) is 0. The lowest BCUT2D eigenvalue weighted by Crippen LogP contribution is -2.26. The van der Waals surface area contributed by atoms with Crippen LogP contribution in [-0.2, 0) is 4.79 Å². The molecule has 1 aromatic carbocycles. The number of nitrogens with zero attached hydrogens (tertiary/aromatic N) is 1. The normalized spacial score (nSPS) is 21.2. The molecule has 0 saturated carbocycles. The lowest BCUT2D eigenvalue weighted by atomic mass is 10.1. The molecule has 0 radical (unpaired) electrons. The number of hydrogen-bond donors (Lipinski definition) is 2. The average molecular weight is 192 g/mol. The number of nitrogens with one attached hydrogen (secondary N) is 1. The van der Waals surface area contributed by atoms with Gasteiger partial charge in [-0.2, -0.15) is 0 Å². The van der Waals surface area contributed by atoms with Crippen molar-refractivity contribution in [2.45, 2.75) is 6.04 Å². The minimum Gasteiger partial charge on any atom is -0.320 e. The Morgan fingerprint density at radius 3 is 2.36 bits per heavy atom. The van der Waals surface area contributed by atoms with Gasteiger partial charge in [-0.25, -0.2) is 4.79 Å². The maximum Gasteiger partial charge on any atom is 0.349 e. The van der Waals surface area contributed by atoms with Gasteiger partial charge in [-0.1, -0.05) is 30.3 Å². The van der Waals surface area contributed by atoms with E-state index in [4.69, 9.17) is 5.21 Å². The first-order valence-corrected chi connectivity index (χ1v) is 4.08. The Bertz CT molecular complexity index is 377. The summed E-state index contributed by atoms with van der Waals surface area (Å²) < 4.78 is 0. The van der Waals surface area contributed by atoms with E-state index in [9.17, 15) is 9.59 Å². The minimum absolute atomic E-state index is 0.0949. The maximum atomic E-state index is 11.3. The van der Waals surface area contributed by atoms with Crippen molar-refractivity contribution < 1.29 is 14.8 Å². The molecule has 1 aliphatic rings. The van der Waals surface area contributed by atoms with Crippen LogP contribution in [0.4, 0.5) is 4.79 Å². The zero-order valence-electron chi connectivity index (χ0n) is 7.18. The highest BCUT2D eigenvalue weighted by Gasteiger charge is 2.38. The maximum absolute atomic E-state index is 11.3. The van der Waals surface area contributed by atoms with Crippen LogP contribution in [0, 0.1) is 0 Å². The van der Waals surface area contributed by atoms with Crippen LogP contribution < -0.4 is 5.32 Å². The zero-order chi connectivity index (χ0) is 10.1. The smallest absolute Gasteiger partial charge is 0.320 e. The topological polar surface area (TPSA) is 69.6 Å². The van der Waals surface area contributed by atoms with Crippen LogP contribution in [0.25, 0.3) is 0 Å².